The van der Waals surface area contributed by atoms with Crippen LogP contribution in [0.5, 0.6) is 0 Å². The summed E-state index contributed by atoms with van der Waals surface area (Å²) in [5, 5.41) is 10.5. The molecular weight excluding hydrogens is 186 g/mol. The second-order valence-corrected chi connectivity index (χ2v) is 5.94. The fourth-order valence-corrected chi connectivity index (χ4v) is 3.10. The molecule has 2 heteroatoms. The van der Waals surface area contributed by atoms with E-state index in [0.717, 1.165) is 31.7 Å². The Hall–Kier alpha value is -0.0800. The van der Waals surface area contributed by atoms with Crippen LogP contribution in [0.4, 0.5) is 0 Å². The van der Waals surface area contributed by atoms with Gasteiger partial charge in [0.05, 0.1) is 5.60 Å². The minimum atomic E-state index is -0.338. The van der Waals surface area contributed by atoms with E-state index in [2.05, 4.69) is 18.7 Å². The molecule has 0 aromatic heterocycles. The zero-order chi connectivity index (χ0) is 10.9. The zero-order valence-electron chi connectivity index (χ0n) is 10.2. The predicted octanol–water partition coefficient (Wildman–Crippen LogP) is 2.41. The van der Waals surface area contributed by atoms with E-state index in [1.165, 1.54) is 25.8 Å². The minimum absolute atomic E-state index is 0.338. The van der Waals surface area contributed by atoms with Crippen LogP contribution in [0.2, 0.25) is 0 Å². The maximum absolute atomic E-state index is 10.5. The maximum Gasteiger partial charge on any atom is 0.0675 e. The van der Waals surface area contributed by atoms with Crippen molar-refractivity contribution in [3.63, 3.8) is 0 Å². The highest BCUT2D eigenvalue weighted by Crippen LogP contribution is 2.36. The van der Waals surface area contributed by atoms with Crippen molar-refractivity contribution in [3.05, 3.63) is 0 Å². The van der Waals surface area contributed by atoms with Gasteiger partial charge in [-0.2, -0.15) is 0 Å². The largest absolute Gasteiger partial charge is 0.390 e. The first-order chi connectivity index (χ1) is 7.09. The van der Waals surface area contributed by atoms with Gasteiger partial charge in [-0.25, -0.2) is 0 Å². The molecule has 0 aromatic carbocycles. The monoisotopic (exact) mass is 211 g/mol. The van der Waals surface area contributed by atoms with Gasteiger partial charge < -0.3 is 10.0 Å². The highest BCUT2D eigenvalue weighted by molar-refractivity contribution is 4.94. The molecule has 2 fully saturated rings. The molecule has 2 aliphatic heterocycles. The van der Waals surface area contributed by atoms with Gasteiger partial charge in [-0.05, 0) is 51.0 Å². The molecule has 2 saturated heterocycles. The topological polar surface area (TPSA) is 23.5 Å². The van der Waals surface area contributed by atoms with Gasteiger partial charge in [0, 0.05) is 12.6 Å². The third-order valence-corrected chi connectivity index (χ3v) is 4.17. The number of nitrogens with zero attached hydrogens (tertiary/aromatic N) is 1. The Morgan fingerprint density at radius 1 is 1.40 bits per heavy atom. The average molecular weight is 211 g/mol. The summed E-state index contributed by atoms with van der Waals surface area (Å²) < 4.78 is 0. The first-order valence-corrected chi connectivity index (χ1v) is 6.55. The van der Waals surface area contributed by atoms with Crippen molar-refractivity contribution in [1.29, 1.82) is 0 Å². The van der Waals surface area contributed by atoms with Crippen LogP contribution < -0.4 is 0 Å². The summed E-state index contributed by atoms with van der Waals surface area (Å²) in [7, 11) is 0. The van der Waals surface area contributed by atoms with Crippen LogP contribution >= 0.6 is 0 Å². The van der Waals surface area contributed by atoms with E-state index in [4.69, 9.17) is 0 Å². The number of hydrogen-bond acceptors (Lipinski definition) is 2. The third-order valence-electron chi connectivity index (χ3n) is 4.17. The van der Waals surface area contributed by atoms with Crippen LogP contribution in [-0.2, 0) is 0 Å². The number of piperidine rings is 1. The second kappa shape index (κ2) is 4.42. The average Bonchev–Trinajstić information content (AvgIpc) is 2.62. The van der Waals surface area contributed by atoms with Crippen LogP contribution in [0.15, 0.2) is 0 Å². The fourth-order valence-electron chi connectivity index (χ4n) is 3.10. The van der Waals surface area contributed by atoms with Crippen molar-refractivity contribution in [1.82, 2.24) is 4.90 Å². The molecule has 88 valence electrons. The molecule has 0 aliphatic carbocycles. The molecule has 0 radical (unpaired) electrons. The van der Waals surface area contributed by atoms with E-state index in [0.29, 0.717) is 6.04 Å². The summed E-state index contributed by atoms with van der Waals surface area (Å²) in [6.45, 7) is 6.88. The Morgan fingerprint density at radius 2 is 2.20 bits per heavy atom. The van der Waals surface area contributed by atoms with Crippen molar-refractivity contribution in [2.75, 3.05) is 13.1 Å². The van der Waals surface area contributed by atoms with E-state index in [1.54, 1.807) is 0 Å². The zero-order valence-corrected chi connectivity index (χ0v) is 10.2. The molecule has 2 unspecified atom stereocenters. The van der Waals surface area contributed by atoms with E-state index >= 15 is 0 Å². The summed E-state index contributed by atoms with van der Waals surface area (Å²) in [6, 6.07) is 0.691. The molecular formula is C13H25NO. The van der Waals surface area contributed by atoms with Gasteiger partial charge in [-0.1, -0.05) is 13.8 Å². The summed E-state index contributed by atoms with van der Waals surface area (Å²) >= 11 is 0. The van der Waals surface area contributed by atoms with Crippen molar-refractivity contribution in [2.45, 2.75) is 64.0 Å². The minimum Gasteiger partial charge on any atom is -0.390 e. The van der Waals surface area contributed by atoms with Gasteiger partial charge >= 0.3 is 0 Å². The highest BCUT2D eigenvalue weighted by Gasteiger charge is 2.39. The van der Waals surface area contributed by atoms with E-state index in [-0.39, 0.29) is 5.60 Å². The lowest BCUT2D eigenvalue weighted by Crippen LogP contribution is -2.47. The number of hydrogen-bond donors (Lipinski definition) is 1. The lowest BCUT2D eigenvalue weighted by molar-refractivity contribution is -0.0450. The summed E-state index contributed by atoms with van der Waals surface area (Å²) in [6.07, 6.45) is 6.85. The van der Waals surface area contributed by atoms with Crippen LogP contribution in [0.25, 0.3) is 0 Å². The Balaban J connectivity index is 1.87. The van der Waals surface area contributed by atoms with Gasteiger partial charge in [0.15, 0.2) is 0 Å². The highest BCUT2D eigenvalue weighted by atomic mass is 16.3. The molecule has 2 aliphatic rings. The van der Waals surface area contributed by atoms with Crippen LogP contribution in [-0.4, -0.2) is 34.7 Å². The normalized spacial score (nSPS) is 37.2. The first kappa shape index (κ1) is 11.4. The van der Waals surface area contributed by atoms with Crippen LogP contribution in [0.1, 0.15) is 52.4 Å². The molecule has 2 heterocycles. The van der Waals surface area contributed by atoms with E-state index in [9.17, 15) is 5.11 Å². The molecule has 15 heavy (non-hydrogen) atoms. The standard InChI is InChI=1S/C13H25NO/c1-11(2)5-6-13(15)7-9-14-8-3-4-12(14)10-13/h11-12,15H,3-10H2,1-2H3. The van der Waals surface area contributed by atoms with Crippen molar-refractivity contribution < 1.29 is 5.11 Å². The smallest absolute Gasteiger partial charge is 0.0675 e. The van der Waals surface area contributed by atoms with E-state index in [1.807, 2.05) is 0 Å². The molecule has 2 rings (SSSR count). The lowest BCUT2D eigenvalue weighted by atomic mass is 9.82. The number of aliphatic hydroxyl groups is 1. The molecule has 2 nitrogen and oxygen atoms in total. The van der Waals surface area contributed by atoms with Crippen LogP contribution in [0.3, 0.4) is 0 Å². The Morgan fingerprint density at radius 3 is 2.93 bits per heavy atom. The molecule has 0 saturated carbocycles. The van der Waals surface area contributed by atoms with Gasteiger partial charge in [0.25, 0.3) is 0 Å². The maximum atomic E-state index is 10.5. The fraction of sp³-hybridized carbons (Fsp3) is 1.00. The molecule has 2 atom stereocenters. The Bertz CT molecular complexity index is 217. The predicted molar refractivity (Wildman–Crippen MR) is 62.9 cm³/mol. The molecule has 0 spiro atoms. The number of fused-ring (bicyclic) bond motifs is 1. The van der Waals surface area contributed by atoms with Gasteiger partial charge in [-0.3, -0.25) is 0 Å². The van der Waals surface area contributed by atoms with E-state index < -0.39 is 0 Å². The van der Waals surface area contributed by atoms with Crippen LogP contribution in [0, 0.1) is 5.92 Å². The third kappa shape index (κ3) is 2.73. The van der Waals surface area contributed by atoms with Crippen molar-refractivity contribution >= 4 is 0 Å². The Labute approximate surface area is 93.7 Å². The summed E-state index contributed by atoms with van der Waals surface area (Å²) in [5.74, 6) is 0.718. The second-order valence-electron chi connectivity index (χ2n) is 5.94. The van der Waals surface area contributed by atoms with Crippen molar-refractivity contribution in [3.8, 4) is 0 Å². The van der Waals surface area contributed by atoms with Gasteiger partial charge in [0.2, 0.25) is 0 Å². The molecule has 0 aromatic rings. The number of rotatable bonds is 3. The van der Waals surface area contributed by atoms with Gasteiger partial charge in [-0.15, -0.1) is 0 Å². The summed E-state index contributed by atoms with van der Waals surface area (Å²) in [4.78, 5) is 2.57. The Kier molecular flexibility index (Phi) is 3.36. The lowest BCUT2D eigenvalue weighted by Gasteiger charge is -2.41. The summed E-state index contributed by atoms with van der Waals surface area (Å²) in [5.41, 5.74) is -0.338. The first-order valence-electron chi connectivity index (χ1n) is 6.55. The van der Waals surface area contributed by atoms with Gasteiger partial charge in [0.1, 0.15) is 0 Å². The SMILES string of the molecule is CC(C)CCC1(O)CCN2CCCC2C1. The quantitative estimate of drug-likeness (QED) is 0.775. The van der Waals surface area contributed by atoms with Crippen molar-refractivity contribution in [2.24, 2.45) is 5.92 Å². The molecule has 0 amide bonds. The molecule has 1 N–H and O–H groups in total. The molecule has 0 bridgehead atoms.